The fraction of sp³-hybridized carbons (Fsp3) is 0.150. The molecule has 0 saturated carbocycles. The summed E-state index contributed by atoms with van der Waals surface area (Å²) in [4.78, 5) is 8.70. The number of nitrogens with one attached hydrogen (secondary N) is 3. The molecule has 7 heteroatoms. The first-order chi connectivity index (χ1) is 13.2. The van der Waals surface area contributed by atoms with Crippen molar-refractivity contribution in [1.82, 2.24) is 20.2 Å². The van der Waals surface area contributed by atoms with Crippen LogP contribution in [0.4, 0.5) is 17.3 Å². The largest absolute Gasteiger partial charge is 0.363 e. The van der Waals surface area contributed by atoms with Crippen molar-refractivity contribution in [2.75, 3.05) is 10.6 Å². The van der Waals surface area contributed by atoms with Crippen molar-refractivity contribution in [3.05, 3.63) is 72.1 Å². The highest BCUT2D eigenvalue weighted by Gasteiger charge is 2.15. The Kier molecular flexibility index (Phi) is 4.67. The van der Waals surface area contributed by atoms with Gasteiger partial charge in [0.15, 0.2) is 5.65 Å². The number of anilines is 3. The highest BCUT2D eigenvalue weighted by atomic mass is 15.2. The summed E-state index contributed by atoms with van der Waals surface area (Å²) in [6.07, 6.45) is 1.52. The van der Waals surface area contributed by atoms with E-state index in [0.29, 0.717) is 12.2 Å². The Morgan fingerprint density at radius 2 is 1.81 bits per heavy atom. The van der Waals surface area contributed by atoms with Gasteiger partial charge in [-0.2, -0.15) is 5.10 Å². The van der Waals surface area contributed by atoms with Crippen LogP contribution in [0.25, 0.3) is 11.0 Å². The van der Waals surface area contributed by atoms with Crippen molar-refractivity contribution in [3.8, 4) is 0 Å². The quantitative estimate of drug-likeness (QED) is 0.418. The van der Waals surface area contributed by atoms with Crippen molar-refractivity contribution >= 4 is 28.4 Å². The molecule has 0 radical (unpaired) electrons. The fourth-order valence-electron chi connectivity index (χ4n) is 2.95. The van der Waals surface area contributed by atoms with Crippen molar-refractivity contribution in [3.63, 3.8) is 0 Å². The highest BCUT2D eigenvalue weighted by molar-refractivity contribution is 5.97. The molecule has 4 rings (SSSR count). The van der Waals surface area contributed by atoms with Gasteiger partial charge in [0.1, 0.15) is 23.3 Å². The molecular weight excluding hydrogens is 338 g/mol. The van der Waals surface area contributed by atoms with Crippen LogP contribution in [-0.4, -0.2) is 20.2 Å². The summed E-state index contributed by atoms with van der Waals surface area (Å²) in [6, 6.07) is 18.3. The van der Waals surface area contributed by atoms with Gasteiger partial charge in [0.05, 0.1) is 0 Å². The average molecular weight is 359 g/mol. The first kappa shape index (κ1) is 17.0. The zero-order valence-corrected chi connectivity index (χ0v) is 15.0. The number of fused-ring (bicyclic) bond motifs is 1. The number of nitrogens with two attached hydrogens (primary N) is 1. The van der Waals surface area contributed by atoms with E-state index in [2.05, 4.69) is 49.9 Å². The zero-order valence-electron chi connectivity index (χ0n) is 15.0. The van der Waals surface area contributed by atoms with Crippen LogP contribution in [0.2, 0.25) is 0 Å². The van der Waals surface area contributed by atoms with E-state index in [4.69, 9.17) is 5.73 Å². The minimum Gasteiger partial charge on any atom is -0.363 e. The van der Waals surface area contributed by atoms with Crippen LogP contribution in [0.5, 0.6) is 0 Å². The fourth-order valence-corrected chi connectivity index (χ4v) is 2.95. The maximum Gasteiger partial charge on any atom is 0.188 e. The number of benzene rings is 2. The molecule has 5 N–H and O–H groups in total. The van der Waals surface area contributed by atoms with Crippen molar-refractivity contribution in [1.29, 1.82) is 0 Å². The van der Waals surface area contributed by atoms with Crippen LogP contribution < -0.4 is 16.4 Å². The summed E-state index contributed by atoms with van der Waals surface area (Å²) in [5.41, 5.74) is 9.46. The summed E-state index contributed by atoms with van der Waals surface area (Å²) in [7, 11) is 0. The van der Waals surface area contributed by atoms with Crippen molar-refractivity contribution in [2.24, 2.45) is 5.73 Å². The summed E-state index contributed by atoms with van der Waals surface area (Å²) >= 11 is 0. The summed E-state index contributed by atoms with van der Waals surface area (Å²) in [6.45, 7) is 2.62. The van der Waals surface area contributed by atoms with Gasteiger partial charge in [-0.05, 0) is 30.2 Å². The zero-order chi connectivity index (χ0) is 18.6. The topological polar surface area (TPSA) is 105 Å². The second-order valence-corrected chi connectivity index (χ2v) is 6.32. The van der Waals surface area contributed by atoms with E-state index in [1.165, 1.54) is 11.9 Å². The molecule has 0 unspecified atom stereocenters. The predicted molar refractivity (Wildman–Crippen MR) is 108 cm³/mol. The van der Waals surface area contributed by atoms with E-state index in [9.17, 15) is 0 Å². The number of rotatable bonds is 6. The number of hydrogen-bond acceptors (Lipinski definition) is 6. The molecule has 7 nitrogen and oxygen atoms in total. The van der Waals surface area contributed by atoms with Crippen LogP contribution in [0.1, 0.15) is 24.1 Å². The maximum absolute atomic E-state index is 5.66. The molecule has 2 aromatic carbocycles. The SMILES string of the molecule is C[C@@H](Nc1ncnc2n[nH]c(Nc3ccc(CN)cc3)c12)c1ccccc1. The minimum absolute atomic E-state index is 0.0934. The molecule has 0 spiro atoms. The van der Waals surface area contributed by atoms with E-state index < -0.39 is 0 Å². The lowest BCUT2D eigenvalue weighted by molar-refractivity contribution is 0.876. The smallest absolute Gasteiger partial charge is 0.188 e. The number of H-pyrrole nitrogens is 1. The van der Waals surface area contributed by atoms with Crippen LogP contribution >= 0.6 is 0 Å². The number of aromatic amines is 1. The van der Waals surface area contributed by atoms with E-state index >= 15 is 0 Å². The molecule has 27 heavy (non-hydrogen) atoms. The van der Waals surface area contributed by atoms with Crippen molar-refractivity contribution < 1.29 is 0 Å². The van der Waals surface area contributed by atoms with E-state index in [0.717, 1.165) is 28.3 Å². The van der Waals surface area contributed by atoms with Crippen LogP contribution in [0.3, 0.4) is 0 Å². The molecule has 0 bridgehead atoms. The van der Waals surface area contributed by atoms with E-state index in [1.807, 2.05) is 42.5 Å². The van der Waals surface area contributed by atoms with Gasteiger partial charge in [-0.1, -0.05) is 42.5 Å². The van der Waals surface area contributed by atoms with Crippen LogP contribution in [-0.2, 0) is 6.54 Å². The third-order valence-corrected chi connectivity index (χ3v) is 4.46. The number of aromatic nitrogens is 4. The third kappa shape index (κ3) is 3.58. The second-order valence-electron chi connectivity index (χ2n) is 6.32. The average Bonchev–Trinajstić information content (AvgIpc) is 3.13. The van der Waals surface area contributed by atoms with Crippen molar-refractivity contribution in [2.45, 2.75) is 19.5 Å². The Labute approximate surface area is 157 Å². The van der Waals surface area contributed by atoms with Gasteiger partial charge in [-0.25, -0.2) is 9.97 Å². The Morgan fingerprint density at radius 3 is 2.56 bits per heavy atom. The lowest BCUT2D eigenvalue weighted by atomic mass is 10.1. The van der Waals surface area contributed by atoms with E-state index in [-0.39, 0.29) is 6.04 Å². The van der Waals surface area contributed by atoms with Gasteiger partial charge in [0, 0.05) is 18.3 Å². The molecule has 1 atom stereocenters. The second kappa shape index (κ2) is 7.43. The molecule has 136 valence electrons. The summed E-state index contributed by atoms with van der Waals surface area (Å²) in [5.74, 6) is 1.47. The molecule has 2 aromatic heterocycles. The molecule has 0 saturated heterocycles. The lowest BCUT2D eigenvalue weighted by Crippen LogP contribution is -2.08. The Hall–Kier alpha value is -3.45. The molecule has 2 heterocycles. The summed E-state index contributed by atoms with van der Waals surface area (Å²) < 4.78 is 0. The van der Waals surface area contributed by atoms with Gasteiger partial charge >= 0.3 is 0 Å². The molecular formula is C20H21N7. The Bertz CT molecular complexity index is 1030. The highest BCUT2D eigenvalue weighted by Crippen LogP contribution is 2.30. The lowest BCUT2D eigenvalue weighted by Gasteiger charge is -2.16. The first-order valence-corrected chi connectivity index (χ1v) is 8.81. The first-order valence-electron chi connectivity index (χ1n) is 8.81. The third-order valence-electron chi connectivity index (χ3n) is 4.46. The molecule has 4 aromatic rings. The molecule has 0 amide bonds. The van der Waals surface area contributed by atoms with Gasteiger partial charge in [0.2, 0.25) is 0 Å². The predicted octanol–water partition coefficient (Wildman–Crippen LogP) is 3.73. The molecule has 0 aliphatic rings. The number of nitrogens with zero attached hydrogens (tertiary/aromatic N) is 3. The van der Waals surface area contributed by atoms with Crippen LogP contribution in [0, 0.1) is 0 Å². The monoisotopic (exact) mass is 359 g/mol. The van der Waals surface area contributed by atoms with Gasteiger partial charge in [-0.3, -0.25) is 5.10 Å². The Balaban J connectivity index is 1.64. The molecule has 0 fully saturated rings. The van der Waals surface area contributed by atoms with Gasteiger partial charge < -0.3 is 16.4 Å². The standard InChI is InChI=1S/C20H21N7/c1-13(15-5-3-2-4-6-15)24-18-17-19(23-12-22-18)26-27-20(17)25-16-9-7-14(11-21)8-10-16/h2-10,12-13H,11,21H2,1H3,(H3,22,23,24,25,26,27)/t13-/m1/s1. The minimum atomic E-state index is 0.0934. The maximum atomic E-state index is 5.66. The normalized spacial score (nSPS) is 12.1. The van der Waals surface area contributed by atoms with Gasteiger partial charge in [0.25, 0.3) is 0 Å². The molecule has 0 aliphatic heterocycles. The van der Waals surface area contributed by atoms with E-state index in [1.54, 1.807) is 0 Å². The van der Waals surface area contributed by atoms with Gasteiger partial charge in [-0.15, -0.1) is 0 Å². The van der Waals surface area contributed by atoms with Crippen LogP contribution in [0.15, 0.2) is 60.9 Å². The Morgan fingerprint density at radius 1 is 1.04 bits per heavy atom. The summed E-state index contributed by atoms with van der Waals surface area (Å²) in [5, 5.41) is 14.9. The molecule has 0 aliphatic carbocycles. The number of hydrogen-bond donors (Lipinski definition) is 4.